The molecule has 1 aliphatic rings. The van der Waals surface area contributed by atoms with E-state index in [0.29, 0.717) is 18.2 Å². The van der Waals surface area contributed by atoms with E-state index in [-0.39, 0.29) is 0 Å². The fourth-order valence-corrected chi connectivity index (χ4v) is 2.73. The third kappa shape index (κ3) is 2.56. The summed E-state index contributed by atoms with van der Waals surface area (Å²) in [6, 6.07) is 1.04. The lowest BCUT2D eigenvalue weighted by atomic mass is 9.88. The molecule has 4 heteroatoms. The zero-order valence-corrected chi connectivity index (χ0v) is 10.1. The Morgan fingerprint density at radius 3 is 3.00 bits per heavy atom. The summed E-state index contributed by atoms with van der Waals surface area (Å²) in [6.07, 6.45) is 5.72. The third-order valence-corrected chi connectivity index (χ3v) is 3.91. The lowest BCUT2D eigenvalue weighted by Crippen LogP contribution is -2.46. The monoisotopic (exact) mass is 226 g/mol. The Balaban J connectivity index is 1.83. The first-order valence-corrected chi connectivity index (χ1v) is 6.39. The SMILES string of the molecule is CCC(NC1CC(OC)C1)c1nccs1. The van der Waals surface area contributed by atoms with Crippen LogP contribution in [0.2, 0.25) is 0 Å². The van der Waals surface area contributed by atoms with Crippen molar-refractivity contribution in [2.24, 2.45) is 0 Å². The number of rotatable bonds is 5. The van der Waals surface area contributed by atoms with Crippen molar-refractivity contribution in [3.63, 3.8) is 0 Å². The first-order valence-electron chi connectivity index (χ1n) is 5.51. The maximum atomic E-state index is 5.27. The lowest BCUT2D eigenvalue weighted by molar-refractivity contribution is 0.0139. The highest BCUT2D eigenvalue weighted by atomic mass is 32.1. The van der Waals surface area contributed by atoms with Crippen LogP contribution in [0.15, 0.2) is 11.6 Å². The molecule has 0 bridgehead atoms. The maximum absolute atomic E-state index is 5.27. The van der Waals surface area contributed by atoms with Crippen molar-refractivity contribution in [2.45, 2.75) is 44.4 Å². The van der Waals surface area contributed by atoms with E-state index in [0.717, 1.165) is 19.3 Å². The number of nitrogens with zero attached hydrogens (tertiary/aromatic N) is 1. The number of methoxy groups -OCH3 is 1. The fourth-order valence-electron chi connectivity index (χ4n) is 1.95. The second-order valence-electron chi connectivity index (χ2n) is 4.02. The molecule has 0 aromatic carbocycles. The summed E-state index contributed by atoms with van der Waals surface area (Å²) < 4.78 is 5.27. The minimum Gasteiger partial charge on any atom is -0.381 e. The summed E-state index contributed by atoms with van der Waals surface area (Å²) in [5.74, 6) is 0. The first-order chi connectivity index (χ1) is 7.33. The molecule has 3 nitrogen and oxygen atoms in total. The van der Waals surface area contributed by atoms with Gasteiger partial charge in [0.15, 0.2) is 0 Å². The molecule has 0 amide bonds. The molecule has 1 unspecified atom stereocenters. The van der Waals surface area contributed by atoms with Gasteiger partial charge in [0, 0.05) is 24.7 Å². The topological polar surface area (TPSA) is 34.1 Å². The summed E-state index contributed by atoms with van der Waals surface area (Å²) in [5, 5.41) is 6.88. The Morgan fingerprint density at radius 2 is 2.47 bits per heavy atom. The van der Waals surface area contributed by atoms with Crippen LogP contribution >= 0.6 is 11.3 Å². The fraction of sp³-hybridized carbons (Fsp3) is 0.727. The second-order valence-corrected chi connectivity index (χ2v) is 4.95. The number of hydrogen-bond donors (Lipinski definition) is 1. The average molecular weight is 226 g/mol. The number of hydrogen-bond acceptors (Lipinski definition) is 4. The molecule has 1 atom stereocenters. The molecule has 0 spiro atoms. The highest BCUT2D eigenvalue weighted by molar-refractivity contribution is 7.09. The van der Waals surface area contributed by atoms with Crippen LogP contribution in [-0.4, -0.2) is 24.2 Å². The van der Waals surface area contributed by atoms with E-state index in [1.807, 2.05) is 11.6 Å². The molecule has 0 aliphatic heterocycles. The van der Waals surface area contributed by atoms with E-state index in [4.69, 9.17) is 4.74 Å². The highest BCUT2D eigenvalue weighted by Crippen LogP contribution is 2.27. The quantitative estimate of drug-likeness (QED) is 0.837. The molecule has 1 fully saturated rings. The highest BCUT2D eigenvalue weighted by Gasteiger charge is 2.30. The maximum Gasteiger partial charge on any atom is 0.109 e. The second kappa shape index (κ2) is 5.05. The zero-order valence-electron chi connectivity index (χ0n) is 9.27. The van der Waals surface area contributed by atoms with Crippen molar-refractivity contribution in [1.82, 2.24) is 10.3 Å². The summed E-state index contributed by atoms with van der Waals surface area (Å²) in [7, 11) is 1.79. The summed E-state index contributed by atoms with van der Waals surface area (Å²) in [5.41, 5.74) is 0. The van der Waals surface area contributed by atoms with Crippen molar-refractivity contribution in [3.8, 4) is 0 Å². The minimum atomic E-state index is 0.424. The van der Waals surface area contributed by atoms with Gasteiger partial charge in [0.2, 0.25) is 0 Å². The molecule has 0 saturated heterocycles. The molecule has 1 heterocycles. The largest absolute Gasteiger partial charge is 0.381 e. The summed E-state index contributed by atoms with van der Waals surface area (Å²) in [6.45, 7) is 2.20. The van der Waals surface area contributed by atoms with Crippen molar-refractivity contribution < 1.29 is 4.74 Å². The van der Waals surface area contributed by atoms with Gasteiger partial charge in [-0.3, -0.25) is 0 Å². The van der Waals surface area contributed by atoms with Crippen molar-refractivity contribution in [3.05, 3.63) is 16.6 Å². The van der Waals surface area contributed by atoms with Gasteiger partial charge in [-0.2, -0.15) is 0 Å². The Kier molecular flexibility index (Phi) is 3.72. The minimum absolute atomic E-state index is 0.424. The van der Waals surface area contributed by atoms with Crippen LogP contribution in [0.5, 0.6) is 0 Å². The van der Waals surface area contributed by atoms with E-state index < -0.39 is 0 Å². The van der Waals surface area contributed by atoms with Gasteiger partial charge in [-0.25, -0.2) is 4.98 Å². The lowest BCUT2D eigenvalue weighted by Gasteiger charge is -2.36. The smallest absolute Gasteiger partial charge is 0.109 e. The molecule has 84 valence electrons. The van der Waals surface area contributed by atoms with Gasteiger partial charge in [-0.1, -0.05) is 6.92 Å². The number of ether oxygens (including phenoxy) is 1. The molecule has 15 heavy (non-hydrogen) atoms. The van der Waals surface area contributed by atoms with Crippen LogP contribution in [0.4, 0.5) is 0 Å². The predicted octanol–water partition coefficient (Wildman–Crippen LogP) is 2.36. The standard InChI is InChI=1S/C11H18N2OS/c1-3-10(11-12-4-5-15-11)13-8-6-9(7-8)14-2/h4-5,8-10,13H,3,6-7H2,1-2H3. The molecule has 1 aromatic heterocycles. The molecule has 1 saturated carbocycles. The molecule has 0 radical (unpaired) electrons. The van der Waals surface area contributed by atoms with Gasteiger partial charge in [0.05, 0.1) is 12.1 Å². The molecule has 1 aliphatic carbocycles. The van der Waals surface area contributed by atoms with Crippen LogP contribution in [-0.2, 0) is 4.74 Å². The van der Waals surface area contributed by atoms with Crippen molar-refractivity contribution in [1.29, 1.82) is 0 Å². The Morgan fingerprint density at radius 1 is 1.67 bits per heavy atom. The van der Waals surface area contributed by atoms with Crippen molar-refractivity contribution in [2.75, 3.05) is 7.11 Å². The molecule has 1 aromatic rings. The number of nitrogens with one attached hydrogen (secondary N) is 1. The van der Waals surface area contributed by atoms with Gasteiger partial charge in [-0.05, 0) is 19.3 Å². The van der Waals surface area contributed by atoms with Crippen LogP contribution in [0.25, 0.3) is 0 Å². The molecular weight excluding hydrogens is 208 g/mol. The number of aromatic nitrogens is 1. The first kappa shape index (κ1) is 11.0. The van der Waals surface area contributed by atoms with E-state index in [1.54, 1.807) is 18.4 Å². The van der Waals surface area contributed by atoms with Gasteiger partial charge >= 0.3 is 0 Å². The third-order valence-electron chi connectivity index (χ3n) is 3.02. The zero-order chi connectivity index (χ0) is 10.7. The van der Waals surface area contributed by atoms with E-state index in [1.165, 1.54) is 5.01 Å². The average Bonchev–Trinajstić information content (AvgIpc) is 2.69. The Bertz CT molecular complexity index is 283. The van der Waals surface area contributed by atoms with Gasteiger partial charge in [0.1, 0.15) is 5.01 Å². The molecule has 2 rings (SSSR count). The van der Waals surface area contributed by atoms with Crippen molar-refractivity contribution >= 4 is 11.3 Å². The normalized spacial score (nSPS) is 27.3. The van der Waals surface area contributed by atoms with Crippen LogP contribution in [0, 0.1) is 0 Å². The van der Waals surface area contributed by atoms with E-state index in [9.17, 15) is 0 Å². The Labute approximate surface area is 94.9 Å². The predicted molar refractivity (Wildman–Crippen MR) is 62.1 cm³/mol. The van der Waals surface area contributed by atoms with Crippen LogP contribution < -0.4 is 5.32 Å². The van der Waals surface area contributed by atoms with Crippen LogP contribution in [0.3, 0.4) is 0 Å². The Hall–Kier alpha value is -0.450. The van der Waals surface area contributed by atoms with Crippen LogP contribution in [0.1, 0.15) is 37.2 Å². The molecule has 1 N–H and O–H groups in total. The summed E-state index contributed by atoms with van der Waals surface area (Å²) in [4.78, 5) is 4.36. The van der Waals surface area contributed by atoms with E-state index >= 15 is 0 Å². The number of thiazole rings is 1. The molecular formula is C11H18N2OS. The van der Waals surface area contributed by atoms with E-state index in [2.05, 4.69) is 17.2 Å². The summed E-state index contributed by atoms with van der Waals surface area (Å²) >= 11 is 1.73. The van der Waals surface area contributed by atoms with Gasteiger partial charge in [0.25, 0.3) is 0 Å². The van der Waals surface area contributed by atoms with Gasteiger partial charge < -0.3 is 10.1 Å². The van der Waals surface area contributed by atoms with Gasteiger partial charge in [-0.15, -0.1) is 11.3 Å².